The molecule has 1 aromatic heterocycles. The Morgan fingerprint density at radius 2 is 1.83 bits per heavy atom. The van der Waals surface area contributed by atoms with Crippen LogP contribution in [0.15, 0.2) is 72.6 Å². The Morgan fingerprint density at radius 1 is 1.09 bits per heavy atom. The number of benzene rings is 2. The number of Topliss-reactive ketones (excluding diaryl/α,β-unsaturated/α-hetero) is 1. The number of aromatic nitrogens is 1. The third-order valence-corrected chi connectivity index (χ3v) is 6.03. The van der Waals surface area contributed by atoms with Crippen molar-refractivity contribution in [3.05, 3.63) is 100 Å². The Hall–Kier alpha value is -3.93. The van der Waals surface area contributed by atoms with E-state index in [-0.39, 0.29) is 17.9 Å². The van der Waals surface area contributed by atoms with E-state index < -0.39 is 17.7 Å². The third-order valence-electron chi connectivity index (χ3n) is 6.03. The van der Waals surface area contributed by atoms with E-state index in [2.05, 4.69) is 18.8 Å². The van der Waals surface area contributed by atoms with Gasteiger partial charge in [-0.2, -0.15) is 0 Å². The summed E-state index contributed by atoms with van der Waals surface area (Å²) in [5, 5.41) is 11.3. The molecule has 35 heavy (non-hydrogen) atoms. The predicted octanol–water partition coefficient (Wildman–Crippen LogP) is 5.36. The minimum Gasteiger partial charge on any atom is -0.507 e. The lowest BCUT2D eigenvalue weighted by atomic mass is 9.94. The van der Waals surface area contributed by atoms with Crippen molar-refractivity contribution in [2.75, 3.05) is 6.61 Å². The van der Waals surface area contributed by atoms with Crippen LogP contribution < -0.4 is 4.74 Å². The van der Waals surface area contributed by atoms with Crippen molar-refractivity contribution in [2.24, 2.45) is 5.92 Å². The van der Waals surface area contributed by atoms with Crippen molar-refractivity contribution in [1.82, 2.24) is 9.88 Å². The SMILES string of the molecule is Cc1ccc([C@H]2C(=C(O)c3ccc(OCC(C)C)c(C)c3)C(=O)C(=O)N2Cc2cccnc2)cc1. The van der Waals surface area contributed by atoms with Crippen molar-refractivity contribution < 1.29 is 19.4 Å². The number of rotatable bonds is 7. The third kappa shape index (κ3) is 5.11. The van der Waals surface area contributed by atoms with E-state index in [1.807, 2.05) is 44.2 Å². The Bertz CT molecular complexity index is 1260. The highest BCUT2D eigenvalue weighted by molar-refractivity contribution is 6.46. The first-order valence-electron chi connectivity index (χ1n) is 11.7. The van der Waals surface area contributed by atoms with Gasteiger partial charge < -0.3 is 14.7 Å². The van der Waals surface area contributed by atoms with Crippen molar-refractivity contribution in [3.8, 4) is 5.75 Å². The summed E-state index contributed by atoms with van der Waals surface area (Å²) in [4.78, 5) is 32.1. The number of pyridine rings is 1. The number of carbonyl (C=O) groups is 2. The van der Waals surface area contributed by atoms with Crippen LogP contribution in [-0.2, 0) is 16.1 Å². The average Bonchev–Trinajstić information content (AvgIpc) is 3.09. The van der Waals surface area contributed by atoms with Crippen molar-refractivity contribution in [2.45, 2.75) is 40.3 Å². The van der Waals surface area contributed by atoms with Gasteiger partial charge in [-0.1, -0.05) is 49.7 Å². The first-order chi connectivity index (χ1) is 16.8. The molecule has 2 heterocycles. The molecule has 1 aliphatic rings. The maximum atomic E-state index is 13.3. The topological polar surface area (TPSA) is 79.7 Å². The number of aliphatic hydroxyl groups excluding tert-OH is 1. The van der Waals surface area contributed by atoms with Crippen molar-refractivity contribution in [3.63, 3.8) is 0 Å². The summed E-state index contributed by atoms with van der Waals surface area (Å²) in [6.07, 6.45) is 3.33. The molecule has 1 aliphatic heterocycles. The number of hydrogen-bond donors (Lipinski definition) is 1. The molecular formula is C29H30N2O4. The van der Waals surface area contributed by atoms with Crippen molar-refractivity contribution >= 4 is 17.4 Å². The number of aryl methyl sites for hydroxylation is 2. The number of hydrogen-bond acceptors (Lipinski definition) is 5. The molecule has 0 saturated carbocycles. The summed E-state index contributed by atoms with van der Waals surface area (Å²) in [6.45, 7) is 8.80. The standard InChI is InChI=1S/C29H30N2O4/c1-18(2)17-35-24-12-11-23(14-20(24)4)27(32)25-26(22-9-7-19(3)8-10-22)31(29(34)28(25)33)16-21-6-5-13-30-15-21/h5-15,18,26,32H,16-17H2,1-4H3/t26-/m0/s1. The molecule has 0 bridgehead atoms. The highest BCUT2D eigenvalue weighted by atomic mass is 16.5. The van der Waals surface area contributed by atoms with E-state index in [1.165, 1.54) is 4.90 Å². The average molecular weight is 471 g/mol. The van der Waals surface area contributed by atoms with E-state index in [0.29, 0.717) is 18.1 Å². The monoisotopic (exact) mass is 470 g/mol. The summed E-state index contributed by atoms with van der Waals surface area (Å²) >= 11 is 0. The zero-order valence-electron chi connectivity index (χ0n) is 20.5. The van der Waals surface area contributed by atoms with Crippen molar-refractivity contribution in [1.29, 1.82) is 0 Å². The molecule has 2 aromatic carbocycles. The van der Waals surface area contributed by atoms with Crippen LogP contribution in [0.25, 0.3) is 5.76 Å². The molecular weight excluding hydrogens is 440 g/mol. The van der Waals surface area contributed by atoms with Crippen LogP contribution in [0, 0.1) is 19.8 Å². The number of amides is 1. The van der Waals surface area contributed by atoms with Gasteiger partial charge in [0.15, 0.2) is 0 Å². The predicted molar refractivity (Wildman–Crippen MR) is 135 cm³/mol. The van der Waals surface area contributed by atoms with Gasteiger partial charge in [-0.25, -0.2) is 0 Å². The molecule has 180 valence electrons. The number of likely N-dealkylation sites (tertiary alicyclic amines) is 1. The summed E-state index contributed by atoms with van der Waals surface area (Å²) in [7, 11) is 0. The molecule has 1 fully saturated rings. The summed E-state index contributed by atoms with van der Waals surface area (Å²) in [6, 6.07) is 15.9. The number of ketones is 1. The molecule has 0 unspecified atom stereocenters. The molecule has 0 spiro atoms. The maximum absolute atomic E-state index is 13.3. The van der Waals surface area contributed by atoms with Gasteiger partial charge >= 0.3 is 0 Å². The smallest absolute Gasteiger partial charge is 0.295 e. The second-order valence-corrected chi connectivity index (χ2v) is 9.38. The highest BCUT2D eigenvalue weighted by Gasteiger charge is 2.46. The van der Waals surface area contributed by atoms with E-state index in [1.54, 1.807) is 36.7 Å². The minimum absolute atomic E-state index is 0.0815. The Kier molecular flexibility index (Phi) is 7.01. The number of nitrogens with zero attached hydrogens (tertiary/aromatic N) is 2. The Labute approximate surface area is 205 Å². The number of aliphatic hydroxyl groups is 1. The lowest BCUT2D eigenvalue weighted by molar-refractivity contribution is -0.140. The Morgan fingerprint density at radius 3 is 2.46 bits per heavy atom. The quantitative estimate of drug-likeness (QED) is 0.286. The molecule has 1 N–H and O–H groups in total. The number of ether oxygens (including phenoxy) is 1. The van der Waals surface area contributed by atoms with E-state index in [4.69, 9.17) is 4.74 Å². The summed E-state index contributed by atoms with van der Waals surface area (Å²) in [5.41, 5.74) is 4.01. The fourth-order valence-electron chi connectivity index (χ4n) is 4.20. The molecule has 1 atom stereocenters. The second-order valence-electron chi connectivity index (χ2n) is 9.38. The summed E-state index contributed by atoms with van der Waals surface area (Å²) in [5.74, 6) is -0.430. The van der Waals surface area contributed by atoms with E-state index in [0.717, 1.165) is 28.0 Å². The van der Waals surface area contributed by atoms with Gasteiger partial charge in [0.05, 0.1) is 18.2 Å². The number of carbonyl (C=O) groups excluding carboxylic acids is 2. The molecule has 6 nitrogen and oxygen atoms in total. The summed E-state index contributed by atoms with van der Waals surface area (Å²) < 4.78 is 5.85. The van der Waals surface area contributed by atoms with Crippen LogP contribution in [-0.4, -0.2) is 33.3 Å². The zero-order chi connectivity index (χ0) is 25.1. The molecule has 1 saturated heterocycles. The lowest BCUT2D eigenvalue weighted by Gasteiger charge is -2.25. The molecule has 6 heteroatoms. The van der Waals surface area contributed by atoms with Crippen LogP contribution in [0.2, 0.25) is 0 Å². The minimum atomic E-state index is -0.715. The van der Waals surface area contributed by atoms with Gasteiger partial charge in [0.2, 0.25) is 0 Å². The molecule has 0 radical (unpaired) electrons. The molecule has 4 rings (SSSR count). The van der Waals surface area contributed by atoms with Gasteiger partial charge in [-0.15, -0.1) is 0 Å². The second kappa shape index (κ2) is 10.1. The van der Waals surface area contributed by atoms with Crippen LogP contribution in [0.3, 0.4) is 0 Å². The molecule has 1 amide bonds. The van der Waals surface area contributed by atoms with Gasteiger partial charge in [0, 0.05) is 24.5 Å². The van der Waals surface area contributed by atoms with E-state index >= 15 is 0 Å². The first-order valence-corrected chi connectivity index (χ1v) is 11.7. The van der Waals surface area contributed by atoms with E-state index in [9.17, 15) is 14.7 Å². The normalized spacial score (nSPS) is 17.3. The van der Waals surface area contributed by atoms with Crippen LogP contribution in [0.5, 0.6) is 5.75 Å². The lowest BCUT2D eigenvalue weighted by Crippen LogP contribution is -2.29. The van der Waals surface area contributed by atoms with Gasteiger partial charge in [-0.05, 0) is 60.7 Å². The zero-order valence-corrected chi connectivity index (χ0v) is 20.5. The fourth-order valence-corrected chi connectivity index (χ4v) is 4.20. The Balaban J connectivity index is 1.78. The van der Waals surface area contributed by atoms with Crippen LogP contribution >= 0.6 is 0 Å². The van der Waals surface area contributed by atoms with Gasteiger partial charge in [0.25, 0.3) is 11.7 Å². The largest absolute Gasteiger partial charge is 0.507 e. The molecule has 3 aromatic rings. The van der Waals surface area contributed by atoms with Crippen LogP contribution in [0.1, 0.15) is 47.7 Å². The maximum Gasteiger partial charge on any atom is 0.295 e. The van der Waals surface area contributed by atoms with Gasteiger partial charge in [0.1, 0.15) is 11.5 Å². The molecule has 0 aliphatic carbocycles. The first kappa shape index (κ1) is 24.2. The van der Waals surface area contributed by atoms with Crippen LogP contribution in [0.4, 0.5) is 0 Å². The highest BCUT2D eigenvalue weighted by Crippen LogP contribution is 2.40. The van der Waals surface area contributed by atoms with Gasteiger partial charge in [-0.3, -0.25) is 14.6 Å². The fraction of sp³-hybridized carbons (Fsp3) is 0.276.